The minimum atomic E-state index is -7.36. The Morgan fingerprint density at radius 1 is 0.842 bits per heavy atom. The zero-order valence-electron chi connectivity index (χ0n) is 8.02. The Kier molecular flexibility index (Phi) is 4.07. The van der Waals surface area contributed by atoms with Crippen LogP contribution in [0.3, 0.4) is 0 Å². The molecule has 0 aromatic rings. The van der Waals surface area contributed by atoms with Gasteiger partial charge in [-0.1, -0.05) is 0 Å². The molecule has 0 aliphatic carbocycles. The lowest BCUT2D eigenvalue weighted by molar-refractivity contribution is -0.382. The number of alkyl halides is 9. The zero-order valence-corrected chi connectivity index (χ0v) is 8.84. The minimum Gasteiger partial charge on any atom is -0.422 e. The average Bonchev–Trinajstić information content (AvgIpc) is 2.14. The van der Waals surface area contributed by atoms with Crippen LogP contribution in [0, 0.1) is 0 Å². The second-order valence-corrected chi connectivity index (χ2v) is 4.48. The molecule has 0 saturated carbocycles. The van der Waals surface area contributed by atoms with E-state index in [1.165, 1.54) is 4.40 Å². The third-order valence-electron chi connectivity index (χ3n) is 1.60. The van der Waals surface area contributed by atoms with Gasteiger partial charge in [-0.3, -0.25) is 0 Å². The summed E-state index contributed by atoms with van der Waals surface area (Å²) in [6, 6.07) is 0.0739. The Balaban J connectivity index is 6.14. The van der Waals surface area contributed by atoms with Crippen LogP contribution < -0.4 is 0 Å². The molecule has 4 nitrogen and oxygen atoms in total. The van der Waals surface area contributed by atoms with Crippen molar-refractivity contribution in [2.45, 2.75) is 23.3 Å². The first kappa shape index (κ1) is 17.7. The van der Waals surface area contributed by atoms with Crippen LogP contribution in [0.1, 0.15) is 0 Å². The van der Waals surface area contributed by atoms with Crippen LogP contribution in [0.5, 0.6) is 0 Å². The van der Waals surface area contributed by atoms with Crippen molar-refractivity contribution in [1.29, 1.82) is 0 Å². The third kappa shape index (κ3) is 2.41. The second-order valence-electron chi connectivity index (χ2n) is 2.83. The number of hydrogen-bond donors (Lipinski definition) is 0. The first-order valence-corrected chi connectivity index (χ1v) is 5.06. The van der Waals surface area contributed by atoms with Gasteiger partial charge >= 0.3 is 23.3 Å². The maximum Gasteiger partial charge on any atom is 0.460 e. The molecule has 0 aliphatic rings. The summed E-state index contributed by atoms with van der Waals surface area (Å²) in [4.78, 5) is 0. The van der Waals surface area contributed by atoms with Gasteiger partial charge in [-0.15, -0.1) is 6.01 Å². The molecule has 19 heavy (non-hydrogen) atoms. The van der Waals surface area contributed by atoms with Crippen LogP contribution in [0.2, 0.25) is 0 Å². The van der Waals surface area contributed by atoms with Gasteiger partial charge in [-0.2, -0.15) is 39.5 Å². The molecule has 0 heterocycles. The van der Waals surface area contributed by atoms with Gasteiger partial charge in [0.15, 0.2) is 0 Å². The molecule has 0 N–H and O–H groups in total. The standard InChI is InChI=1S/C5F9N2O2S/c6-2(7,4(10,11)12)3(8,9)5(13,14)19(17,18)16-1-15/q-1. The first-order chi connectivity index (χ1) is 8.06. The van der Waals surface area contributed by atoms with Gasteiger partial charge < -0.3 is 9.81 Å². The topological polar surface area (TPSA) is 68.8 Å². The Morgan fingerprint density at radius 2 is 1.21 bits per heavy atom. The molecule has 0 atom stereocenters. The molecule has 0 aromatic carbocycles. The van der Waals surface area contributed by atoms with E-state index in [2.05, 4.69) is 0 Å². The van der Waals surface area contributed by atoms with E-state index >= 15 is 0 Å². The average molecular weight is 323 g/mol. The van der Waals surface area contributed by atoms with Gasteiger partial charge in [0.1, 0.15) is 0 Å². The fraction of sp³-hybridized carbons (Fsp3) is 0.800. The van der Waals surface area contributed by atoms with Crippen LogP contribution in [-0.4, -0.2) is 37.7 Å². The lowest BCUT2D eigenvalue weighted by Crippen LogP contribution is -2.62. The van der Waals surface area contributed by atoms with Crippen LogP contribution in [-0.2, 0) is 10.0 Å². The van der Waals surface area contributed by atoms with Crippen LogP contribution >= 0.6 is 0 Å². The summed E-state index contributed by atoms with van der Waals surface area (Å²) in [7, 11) is -6.91. The quantitative estimate of drug-likeness (QED) is 0.589. The van der Waals surface area contributed by atoms with Gasteiger partial charge in [-0.25, -0.2) is 8.42 Å². The molecule has 14 heteroatoms. The van der Waals surface area contributed by atoms with Crippen molar-refractivity contribution in [3.63, 3.8) is 0 Å². The van der Waals surface area contributed by atoms with Gasteiger partial charge in [-0.05, 0) is 0 Å². The highest BCUT2D eigenvalue weighted by Gasteiger charge is 2.84. The van der Waals surface area contributed by atoms with Crippen molar-refractivity contribution < 1.29 is 47.9 Å². The predicted octanol–water partition coefficient (Wildman–Crippen LogP) is 2.49. The first-order valence-electron chi connectivity index (χ1n) is 3.62. The number of hydrogen-bond acceptors (Lipinski definition) is 2. The molecule has 0 amide bonds. The van der Waals surface area contributed by atoms with Crippen molar-refractivity contribution in [3.05, 3.63) is 5.41 Å². The van der Waals surface area contributed by atoms with Crippen molar-refractivity contribution in [1.82, 2.24) is 0 Å². The number of nitrogens with zero attached hydrogens (tertiary/aromatic N) is 2. The lowest BCUT2D eigenvalue weighted by atomic mass is 10.1. The molecule has 0 saturated heterocycles. The Hall–Kier alpha value is -1.30. The van der Waals surface area contributed by atoms with Crippen LogP contribution in [0.25, 0.3) is 5.41 Å². The molecule has 0 radical (unpaired) electrons. The van der Waals surface area contributed by atoms with E-state index in [1.54, 1.807) is 0 Å². The maximum atomic E-state index is 12.6. The van der Waals surface area contributed by atoms with E-state index in [1.807, 2.05) is 0 Å². The van der Waals surface area contributed by atoms with Gasteiger partial charge in [0.25, 0.3) is 10.0 Å². The Bertz CT molecular complexity index is 501. The predicted molar refractivity (Wildman–Crippen MR) is 40.6 cm³/mol. The normalized spacial score (nSPS) is 15.0. The smallest absolute Gasteiger partial charge is 0.422 e. The highest BCUT2D eigenvalue weighted by Crippen LogP contribution is 2.54. The number of sulfonamides is 1. The summed E-state index contributed by atoms with van der Waals surface area (Å²) >= 11 is 0. The Morgan fingerprint density at radius 3 is 1.47 bits per heavy atom. The van der Waals surface area contributed by atoms with E-state index in [9.17, 15) is 47.9 Å². The molecule has 0 rings (SSSR count). The monoisotopic (exact) mass is 323 g/mol. The van der Waals surface area contributed by atoms with E-state index in [-0.39, 0.29) is 6.01 Å². The molecular formula is C5F9N2O2S-. The minimum absolute atomic E-state index is 0.0739. The summed E-state index contributed by atoms with van der Waals surface area (Å²) < 4.78 is 131. The molecule has 0 bridgehead atoms. The zero-order chi connectivity index (χ0) is 15.9. The summed E-state index contributed by atoms with van der Waals surface area (Å²) in [6.45, 7) is 0. The highest BCUT2D eigenvalue weighted by atomic mass is 32.2. The molecule has 0 aliphatic heterocycles. The highest BCUT2D eigenvalue weighted by molar-refractivity contribution is 7.91. The van der Waals surface area contributed by atoms with Crippen molar-refractivity contribution in [2.75, 3.05) is 0 Å². The fourth-order valence-electron chi connectivity index (χ4n) is 0.634. The maximum absolute atomic E-state index is 12.6. The third-order valence-corrected chi connectivity index (χ3v) is 2.83. The SMILES string of the molecule is [N-]=C=NS(=O)(=O)C(F)(F)C(F)(F)C(F)(F)C(F)(F)F. The largest absolute Gasteiger partial charge is 0.460 e. The number of rotatable bonds is 4. The van der Waals surface area contributed by atoms with E-state index in [0.29, 0.717) is 0 Å². The van der Waals surface area contributed by atoms with Crippen LogP contribution in [0.15, 0.2) is 4.40 Å². The second kappa shape index (κ2) is 4.37. The van der Waals surface area contributed by atoms with E-state index in [0.717, 1.165) is 0 Å². The van der Waals surface area contributed by atoms with E-state index < -0.39 is 33.3 Å². The summed E-state index contributed by atoms with van der Waals surface area (Å²) in [6.07, 6.45) is -7.15. The van der Waals surface area contributed by atoms with Crippen LogP contribution in [0.4, 0.5) is 39.5 Å². The van der Waals surface area contributed by atoms with E-state index in [4.69, 9.17) is 5.41 Å². The van der Waals surface area contributed by atoms with Crippen molar-refractivity contribution >= 4 is 16.0 Å². The summed E-state index contributed by atoms with van der Waals surface area (Å²) in [5, 5.41) is 0.674. The lowest BCUT2D eigenvalue weighted by Gasteiger charge is -2.32. The molecule has 0 aromatic heterocycles. The molecule has 0 spiro atoms. The van der Waals surface area contributed by atoms with Crippen molar-refractivity contribution in [2.24, 2.45) is 4.40 Å². The molecule has 0 unspecified atom stereocenters. The Labute approximate surface area is 98.0 Å². The molecule has 0 fully saturated rings. The fourth-order valence-corrected chi connectivity index (χ4v) is 1.31. The molecular weight excluding hydrogens is 323 g/mol. The summed E-state index contributed by atoms with van der Waals surface area (Å²) in [5.74, 6) is -14.7. The molecule has 112 valence electrons. The van der Waals surface area contributed by atoms with Gasteiger partial charge in [0.2, 0.25) is 0 Å². The summed E-state index contributed by atoms with van der Waals surface area (Å²) in [5.41, 5.74) is 0. The van der Waals surface area contributed by atoms with Gasteiger partial charge in [0.05, 0.1) is 0 Å². The number of halogens is 9. The van der Waals surface area contributed by atoms with Crippen molar-refractivity contribution in [3.8, 4) is 0 Å². The van der Waals surface area contributed by atoms with Gasteiger partial charge in [0, 0.05) is 0 Å².